The maximum atomic E-state index is 11.1. The second-order valence-electron chi connectivity index (χ2n) is 4.12. The Kier molecular flexibility index (Phi) is 5.69. The van der Waals surface area contributed by atoms with E-state index in [0.29, 0.717) is 13.2 Å². The highest BCUT2D eigenvalue weighted by molar-refractivity contribution is 9.10. The van der Waals surface area contributed by atoms with E-state index in [4.69, 9.17) is 14.2 Å². The first-order valence-electron chi connectivity index (χ1n) is 5.90. The monoisotopic (exact) mass is 346 g/mol. The Bertz CT molecular complexity index is 423. The topological polar surface area (TPSA) is 44.8 Å². The summed E-state index contributed by atoms with van der Waals surface area (Å²) in [7, 11) is 0. The second-order valence-corrected chi connectivity index (χ2v) is 6.35. The lowest BCUT2D eigenvalue weighted by Gasteiger charge is -2.22. The van der Waals surface area contributed by atoms with E-state index in [9.17, 15) is 4.79 Å². The van der Waals surface area contributed by atoms with E-state index >= 15 is 0 Å². The van der Waals surface area contributed by atoms with Crippen LogP contribution in [0.2, 0.25) is 0 Å². The minimum Gasteiger partial charge on any atom is -0.459 e. The summed E-state index contributed by atoms with van der Waals surface area (Å²) in [4.78, 5) is 12.2. The Hall–Kier alpha value is -0.560. The molecular weight excluding hydrogens is 332 g/mol. The fourth-order valence-corrected chi connectivity index (χ4v) is 3.08. The smallest absolute Gasteiger partial charge is 0.303 e. The summed E-state index contributed by atoms with van der Waals surface area (Å²) in [6, 6.07) is 8.01. The minimum absolute atomic E-state index is 0.0348. The van der Waals surface area contributed by atoms with Crippen LogP contribution in [0.4, 0.5) is 0 Å². The lowest BCUT2D eigenvalue weighted by Crippen LogP contribution is -2.33. The molecule has 0 aromatic heterocycles. The Balaban J connectivity index is 2.04. The van der Waals surface area contributed by atoms with Crippen LogP contribution in [-0.2, 0) is 19.0 Å². The van der Waals surface area contributed by atoms with Crippen molar-refractivity contribution in [3.8, 4) is 0 Å². The maximum absolute atomic E-state index is 11.1. The highest BCUT2D eigenvalue weighted by atomic mass is 79.9. The van der Waals surface area contributed by atoms with Gasteiger partial charge in [0.15, 0.2) is 0 Å². The van der Waals surface area contributed by atoms with E-state index < -0.39 is 0 Å². The molecule has 0 amide bonds. The van der Waals surface area contributed by atoms with Crippen molar-refractivity contribution in [2.24, 2.45) is 0 Å². The fourth-order valence-electron chi connectivity index (χ4n) is 1.72. The van der Waals surface area contributed by atoms with Crippen molar-refractivity contribution in [2.45, 2.75) is 23.2 Å². The Morgan fingerprint density at radius 1 is 1.32 bits per heavy atom. The van der Waals surface area contributed by atoms with Crippen LogP contribution in [0.1, 0.15) is 6.92 Å². The van der Waals surface area contributed by atoms with Gasteiger partial charge < -0.3 is 14.2 Å². The number of carbonyl (C=O) groups is 1. The molecule has 1 aliphatic heterocycles. The predicted molar refractivity (Wildman–Crippen MR) is 76.1 cm³/mol. The van der Waals surface area contributed by atoms with E-state index in [1.165, 1.54) is 6.92 Å². The van der Waals surface area contributed by atoms with Crippen LogP contribution < -0.4 is 0 Å². The van der Waals surface area contributed by atoms with Gasteiger partial charge in [-0.1, -0.05) is 15.9 Å². The van der Waals surface area contributed by atoms with Gasteiger partial charge in [0.2, 0.25) is 0 Å². The van der Waals surface area contributed by atoms with Gasteiger partial charge in [-0.15, -0.1) is 11.8 Å². The summed E-state index contributed by atoms with van der Waals surface area (Å²) < 4.78 is 17.0. The molecule has 104 valence electrons. The number of hydrogen-bond donors (Lipinski definition) is 0. The Morgan fingerprint density at radius 3 is 2.68 bits per heavy atom. The molecule has 0 saturated carbocycles. The number of ether oxygens (including phenoxy) is 3. The summed E-state index contributed by atoms with van der Waals surface area (Å²) >= 11 is 5.04. The molecule has 0 unspecified atom stereocenters. The van der Waals surface area contributed by atoms with Crippen LogP contribution >= 0.6 is 27.7 Å². The predicted octanol–water partition coefficient (Wildman–Crippen LogP) is 2.85. The molecule has 19 heavy (non-hydrogen) atoms. The molecular formula is C13H15BrO4S. The number of thioether (sulfide) groups is 1. The average Bonchev–Trinajstić information content (AvgIpc) is 2.58. The molecule has 1 aromatic carbocycles. The number of carbonyl (C=O) groups excluding carboxylic acids is 1. The zero-order valence-corrected chi connectivity index (χ0v) is 12.9. The van der Waals surface area contributed by atoms with Gasteiger partial charge in [0.1, 0.15) is 12.9 Å². The fraction of sp³-hybridized carbons (Fsp3) is 0.462. The van der Waals surface area contributed by atoms with Crippen molar-refractivity contribution < 1.29 is 19.0 Å². The summed E-state index contributed by atoms with van der Waals surface area (Å²) in [5.74, 6) is -0.295. The van der Waals surface area contributed by atoms with Crippen LogP contribution in [0.5, 0.6) is 0 Å². The van der Waals surface area contributed by atoms with E-state index in [2.05, 4.69) is 15.9 Å². The number of benzene rings is 1. The van der Waals surface area contributed by atoms with Crippen molar-refractivity contribution >= 4 is 33.7 Å². The average molecular weight is 347 g/mol. The van der Waals surface area contributed by atoms with Gasteiger partial charge in [-0.3, -0.25) is 4.79 Å². The summed E-state index contributed by atoms with van der Waals surface area (Å²) in [6.07, 6.45) is -0.284. The minimum atomic E-state index is -0.295. The number of esters is 1. The highest BCUT2D eigenvalue weighted by Crippen LogP contribution is 2.29. The van der Waals surface area contributed by atoms with Crippen LogP contribution in [0, 0.1) is 0 Å². The number of halogens is 1. The van der Waals surface area contributed by atoms with E-state index in [0.717, 1.165) is 9.37 Å². The lowest BCUT2D eigenvalue weighted by molar-refractivity contribution is -0.148. The quantitative estimate of drug-likeness (QED) is 0.787. The van der Waals surface area contributed by atoms with Gasteiger partial charge in [-0.05, 0) is 24.3 Å². The van der Waals surface area contributed by atoms with Gasteiger partial charge in [-0.2, -0.15) is 0 Å². The molecule has 1 aliphatic rings. The Morgan fingerprint density at radius 2 is 2.00 bits per heavy atom. The Labute approximate surface area is 124 Å². The van der Waals surface area contributed by atoms with Crippen molar-refractivity contribution in [1.29, 1.82) is 0 Å². The van der Waals surface area contributed by atoms with Gasteiger partial charge >= 0.3 is 5.97 Å². The molecule has 0 spiro atoms. The molecule has 1 fully saturated rings. The molecule has 1 aromatic rings. The van der Waals surface area contributed by atoms with E-state index in [-0.39, 0.29) is 24.1 Å². The summed E-state index contributed by atoms with van der Waals surface area (Å²) in [5.41, 5.74) is 0. The molecule has 1 heterocycles. The van der Waals surface area contributed by atoms with Crippen molar-refractivity contribution in [3.05, 3.63) is 28.7 Å². The van der Waals surface area contributed by atoms with Crippen molar-refractivity contribution in [3.63, 3.8) is 0 Å². The zero-order chi connectivity index (χ0) is 13.7. The van der Waals surface area contributed by atoms with E-state index in [1.54, 1.807) is 11.8 Å². The zero-order valence-electron chi connectivity index (χ0n) is 10.5. The summed E-state index contributed by atoms with van der Waals surface area (Å²) in [6.45, 7) is 2.52. The molecule has 0 aliphatic carbocycles. The maximum Gasteiger partial charge on any atom is 0.303 e. The van der Waals surface area contributed by atoms with Gasteiger partial charge in [-0.25, -0.2) is 0 Å². The largest absolute Gasteiger partial charge is 0.459 e. The molecule has 2 atom stereocenters. The summed E-state index contributed by atoms with van der Waals surface area (Å²) in [5, 5.41) is 0.0348. The molecule has 4 nitrogen and oxygen atoms in total. The van der Waals surface area contributed by atoms with Crippen LogP contribution in [0.3, 0.4) is 0 Å². The first kappa shape index (κ1) is 14.8. The lowest BCUT2D eigenvalue weighted by atomic mass is 10.3. The van der Waals surface area contributed by atoms with Crippen LogP contribution in [-0.4, -0.2) is 37.3 Å². The SMILES string of the molecule is CC(=O)O[C@@H]1COCOC[C@H]1Sc1ccc(Br)cc1. The van der Waals surface area contributed by atoms with Crippen LogP contribution in [0.15, 0.2) is 33.6 Å². The first-order valence-corrected chi connectivity index (χ1v) is 7.57. The molecule has 0 bridgehead atoms. The van der Waals surface area contributed by atoms with Crippen molar-refractivity contribution in [2.75, 3.05) is 20.0 Å². The third-order valence-electron chi connectivity index (χ3n) is 2.56. The van der Waals surface area contributed by atoms with Crippen LogP contribution in [0.25, 0.3) is 0 Å². The number of hydrogen-bond acceptors (Lipinski definition) is 5. The van der Waals surface area contributed by atoms with Gasteiger partial charge in [0.25, 0.3) is 0 Å². The molecule has 6 heteroatoms. The standard InChI is InChI=1S/C13H15BrO4S/c1-9(15)18-12-6-16-8-17-7-13(12)19-11-4-2-10(14)3-5-11/h2-5,12-13H,6-8H2,1H3/t12-,13-/m1/s1. The normalized spacial score (nSPS) is 23.7. The molecule has 0 radical (unpaired) electrons. The number of rotatable bonds is 3. The molecule has 1 saturated heterocycles. The van der Waals surface area contributed by atoms with Gasteiger partial charge in [0.05, 0.1) is 18.5 Å². The third kappa shape index (κ3) is 4.80. The van der Waals surface area contributed by atoms with E-state index in [1.807, 2.05) is 24.3 Å². The molecule has 0 N–H and O–H groups in total. The highest BCUT2D eigenvalue weighted by Gasteiger charge is 2.28. The first-order chi connectivity index (χ1) is 9.15. The second kappa shape index (κ2) is 7.28. The van der Waals surface area contributed by atoms with Gasteiger partial charge in [0, 0.05) is 16.3 Å². The van der Waals surface area contributed by atoms with Crippen molar-refractivity contribution in [1.82, 2.24) is 0 Å². The molecule has 2 rings (SSSR count). The third-order valence-corrected chi connectivity index (χ3v) is 4.38.